The topological polar surface area (TPSA) is 46.3 Å². The lowest BCUT2D eigenvalue weighted by Gasteiger charge is -2.23. The lowest BCUT2D eigenvalue weighted by molar-refractivity contribution is -0.133. The Morgan fingerprint density at radius 2 is 2.05 bits per heavy atom. The lowest BCUT2D eigenvalue weighted by Crippen LogP contribution is -2.39. The van der Waals surface area contributed by atoms with Crippen molar-refractivity contribution in [2.75, 3.05) is 13.1 Å². The van der Waals surface area contributed by atoms with Gasteiger partial charge < -0.3 is 10.6 Å². The molecule has 1 aliphatic heterocycles. The van der Waals surface area contributed by atoms with E-state index in [9.17, 15) is 9.18 Å². The minimum absolute atomic E-state index is 0. The first kappa shape index (κ1) is 14.3. The number of benzene rings is 1. The van der Waals surface area contributed by atoms with Crippen molar-refractivity contribution in [3.8, 4) is 0 Å². The Morgan fingerprint density at radius 1 is 1.37 bits per heavy atom. The number of carbonyl (C=O) groups is 1. The first-order valence-corrected chi connectivity index (χ1v) is 6.43. The van der Waals surface area contributed by atoms with Crippen molar-refractivity contribution in [2.45, 2.75) is 30.7 Å². The van der Waals surface area contributed by atoms with Crippen molar-refractivity contribution < 1.29 is 9.18 Å². The lowest BCUT2D eigenvalue weighted by atomic mass is 9.94. The SMILES string of the molecule is Cl.N[C@@H]1CCN(C(=O)C2(c3ccccc3F)CC2)C1. The van der Waals surface area contributed by atoms with E-state index in [0.29, 0.717) is 18.7 Å². The second-order valence-electron chi connectivity index (χ2n) is 5.36. The van der Waals surface area contributed by atoms with Crippen LogP contribution in [0.1, 0.15) is 24.8 Å². The van der Waals surface area contributed by atoms with Crippen molar-refractivity contribution in [2.24, 2.45) is 5.73 Å². The monoisotopic (exact) mass is 284 g/mol. The van der Waals surface area contributed by atoms with Crippen LogP contribution in [0.3, 0.4) is 0 Å². The predicted molar refractivity (Wildman–Crippen MR) is 73.7 cm³/mol. The molecule has 0 spiro atoms. The Labute approximate surface area is 118 Å². The molecule has 1 saturated heterocycles. The molecule has 1 aromatic carbocycles. The van der Waals surface area contributed by atoms with E-state index >= 15 is 0 Å². The fourth-order valence-electron chi connectivity index (χ4n) is 2.85. The highest BCUT2D eigenvalue weighted by molar-refractivity contribution is 5.91. The molecule has 104 valence electrons. The zero-order valence-electron chi connectivity index (χ0n) is 10.6. The molecule has 0 bridgehead atoms. The van der Waals surface area contributed by atoms with E-state index < -0.39 is 5.41 Å². The van der Waals surface area contributed by atoms with Gasteiger partial charge in [0.25, 0.3) is 0 Å². The standard InChI is InChI=1S/C14H17FN2O.ClH/c15-12-4-2-1-3-11(12)14(6-7-14)13(18)17-8-5-10(16)9-17;/h1-4,10H,5-9,16H2;1H/t10-;/m1./s1. The van der Waals surface area contributed by atoms with Gasteiger partial charge in [-0.05, 0) is 25.3 Å². The van der Waals surface area contributed by atoms with Gasteiger partial charge in [0.2, 0.25) is 5.91 Å². The number of halogens is 2. The molecule has 3 nitrogen and oxygen atoms in total. The van der Waals surface area contributed by atoms with Gasteiger partial charge in [-0.2, -0.15) is 0 Å². The highest BCUT2D eigenvalue weighted by atomic mass is 35.5. The molecule has 2 fully saturated rings. The van der Waals surface area contributed by atoms with Gasteiger partial charge in [-0.3, -0.25) is 4.79 Å². The van der Waals surface area contributed by atoms with Crippen LogP contribution in [0.4, 0.5) is 4.39 Å². The number of hydrogen-bond acceptors (Lipinski definition) is 2. The molecule has 3 rings (SSSR count). The van der Waals surface area contributed by atoms with Gasteiger partial charge in [0.05, 0.1) is 5.41 Å². The van der Waals surface area contributed by atoms with Crippen molar-refractivity contribution >= 4 is 18.3 Å². The number of amides is 1. The molecule has 0 radical (unpaired) electrons. The Bertz CT molecular complexity index is 490. The van der Waals surface area contributed by atoms with E-state index in [0.717, 1.165) is 19.3 Å². The number of likely N-dealkylation sites (tertiary alicyclic amines) is 1. The summed E-state index contributed by atoms with van der Waals surface area (Å²) in [6.07, 6.45) is 2.34. The summed E-state index contributed by atoms with van der Waals surface area (Å²) in [5.74, 6) is -0.215. The van der Waals surface area contributed by atoms with E-state index in [1.165, 1.54) is 6.07 Å². The van der Waals surface area contributed by atoms with Gasteiger partial charge in [-0.15, -0.1) is 12.4 Å². The molecule has 1 aromatic rings. The van der Waals surface area contributed by atoms with E-state index in [1.54, 1.807) is 23.1 Å². The van der Waals surface area contributed by atoms with Gasteiger partial charge in [0.1, 0.15) is 5.82 Å². The zero-order valence-corrected chi connectivity index (χ0v) is 11.5. The maximum Gasteiger partial charge on any atom is 0.233 e. The number of nitrogens with zero attached hydrogens (tertiary/aromatic N) is 1. The average Bonchev–Trinajstić information content (AvgIpc) is 3.05. The highest BCUT2D eigenvalue weighted by Crippen LogP contribution is 2.50. The van der Waals surface area contributed by atoms with Crippen LogP contribution in [0.25, 0.3) is 0 Å². The summed E-state index contributed by atoms with van der Waals surface area (Å²) in [5.41, 5.74) is 5.78. The molecule has 5 heteroatoms. The Balaban J connectivity index is 0.00000133. The molecule has 0 aromatic heterocycles. The van der Waals surface area contributed by atoms with Gasteiger partial charge in [0, 0.05) is 24.7 Å². The van der Waals surface area contributed by atoms with Crippen molar-refractivity contribution in [3.05, 3.63) is 35.6 Å². The minimum atomic E-state index is -0.602. The normalized spacial score (nSPS) is 23.9. The first-order valence-electron chi connectivity index (χ1n) is 6.43. The van der Waals surface area contributed by atoms with Crippen LogP contribution in [0.15, 0.2) is 24.3 Å². The van der Waals surface area contributed by atoms with Gasteiger partial charge in [0.15, 0.2) is 0 Å². The van der Waals surface area contributed by atoms with Crippen LogP contribution in [0.5, 0.6) is 0 Å². The molecule has 1 heterocycles. The maximum absolute atomic E-state index is 13.9. The van der Waals surface area contributed by atoms with Crippen LogP contribution >= 0.6 is 12.4 Å². The van der Waals surface area contributed by atoms with E-state index in [1.807, 2.05) is 0 Å². The first-order chi connectivity index (χ1) is 8.63. The van der Waals surface area contributed by atoms with Gasteiger partial charge >= 0.3 is 0 Å². The summed E-state index contributed by atoms with van der Waals surface area (Å²) >= 11 is 0. The third-order valence-electron chi connectivity index (χ3n) is 4.06. The van der Waals surface area contributed by atoms with Crippen LogP contribution in [0, 0.1) is 5.82 Å². The van der Waals surface area contributed by atoms with E-state index in [2.05, 4.69) is 0 Å². The molecule has 19 heavy (non-hydrogen) atoms. The molecule has 2 aliphatic rings. The molecular formula is C14H18ClFN2O. The van der Waals surface area contributed by atoms with Crippen molar-refractivity contribution in [3.63, 3.8) is 0 Å². The third kappa shape index (κ3) is 2.35. The van der Waals surface area contributed by atoms with Crippen LogP contribution in [0.2, 0.25) is 0 Å². The minimum Gasteiger partial charge on any atom is -0.340 e. The summed E-state index contributed by atoms with van der Waals surface area (Å²) < 4.78 is 13.9. The maximum atomic E-state index is 13.9. The molecular weight excluding hydrogens is 267 g/mol. The van der Waals surface area contributed by atoms with Crippen LogP contribution in [-0.2, 0) is 10.2 Å². The molecule has 1 aliphatic carbocycles. The smallest absolute Gasteiger partial charge is 0.233 e. The number of rotatable bonds is 2. The third-order valence-corrected chi connectivity index (χ3v) is 4.06. The van der Waals surface area contributed by atoms with E-state index in [-0.39, 0.29) is 30.2 Å². The van der Waals surface area contributed by atoms with Crippen LogP contribution in [-0.4, -0.2) is 29.9 Å². The second-order valence-corrected chi connectivity index (χ2v) is 5.36. The van der Waals surface area contributed by atoms with Gasteiger partial charge in [-0.25, -0.2) is 4.39 Å². The summed E-state index contributed by atoms with van der Waals surface area (Å²) in [6, 6.07) is 6.69. The molecule has 1 saturated carbocycles. The van der Waals surface area contributed by atoms with E-state index in [4.69, 9.17) is 5.73 Å². The summed E-state index contributed by atoms with van der Waals surface area (Å²) in [4.78, 5) is 14.3. The number of nitrogens with two attached hydrogens (primary N) is 1. The molecule has 0 unspecified atom stereocenters. The number of hydrogen-bond donors (Lipinski definition) is 1. The Hall–Kier alpha value is -1.13. The predicted octanol–water partition coefficient (Wildman–Crippen LogP) is 1.84. The van der Waals surface area contributed by atoms with Crippen LogP contribution < -0.4 is 5.73 Å². The average molecular weight is 285 g/mol. The largest absolute Gasteiger partial charge is 0.340 e. The van der Waals surface area contributed by atoms with Crippen molar-refractivity contribution in [1.82, 2.24) is 4.90 Å². The summed E-state index contributed by atoms with van der Waals surface area (Å²) in [6.45, 7) is 1.31. The second kappa shape index (κ2) is 5.10. The summed E-state index contributed by atoms with van der Waals surface area (Å²) in [7, 11) is 0. The number of carbonyl (C=O) groups excluding carboxylic acids is 1. The zero-order chi connectivity index (χ0) is 12.8. The molecule has 1 amide bonds. The highest BCUT2D eigenvalue weighted by Gasteiger charge is 2.54. The quantitative estimate of drug-likeness (QED) is 0.901. The molecule has 2 N–H and O–H groups in total. The van der Waals surface area contributed by atoms with Crippen molar-refractivity contribution in [1.29, 1.82) is 0 Å². The fourth-order valence-corrected chi connectivity index (χ4v) is 2.85. The Morgan fingerprint density at radius 3 is 2.58 bits per heavy atom. The summed E-state index contributed by atoms with van der Waals surface area (Å²) in [5, 5.41) is 0. The van der Waals surface area contributed by atoms with Gasteiger partial charge in [-0.1, -0.05) is 18.2 Å². The fraction of sp³-hybridized carbons (Fsp3) is 0.500. The Kier molecular flexibility index (Phi) is 3.83. The molecule has 1 atom stereocenters.